The number of nitrogens with zero attached hydrogens (tertiary/aromatic N) is 2. The van der Waals surface area contributed by atoms with E-state index in [0.29, 0.717) is 17.9 Å². The first kappa shape index (κ1) is 19.8. The van der Waals surface area contributed by atoms with Gasteiger partial charge in [-0.1, -0.05) is 12.1 Å². The third-order valence-corrected chi connectivity index (χ3v) is 5.79. The Bertz CT molecular complexity index is 1090. The van der Waals surface area contributed by atoms with Crippen LogP contribution >= 0.6 is 15.9 Å². The molecule has 7 heteroatoms. The predicted molar refractivity (Wildman–Crippen MR) is 116 cm³/mol. The first-order chi connectivity index (χ1) is 14.0. The molecule has 2 aromatic heterocycles. The maximum atomic E-state index is 12.5. The number of carbonyl (C=O) groups is 1. The van der Waals surface area contributed by atoms with E-state index in [1.807, 2.05) is 31.2 Å². The highest BCUT2D eigenvalue weighted by Gasteiger charge is 2.25. The molecule has 3 aromatic rings. The number of aryl methyl sites for hydroxylation is 1. The summed E-state index contributed by atoms with van der Waals surface area (Å²) in [6, 6.07) is 11.1. The van der Waals surface area contributed by atoms with Crippen molar-refractivity contribution in [1.82, 2.24) is 9.88 Å². The second-order valence-corrected chi connectivity index (χ2v) is 8.41. The summed E-state index contributed by atoms with van der Waals surface area (Å²) >= 11 is 3.34. The summed E-state index contributed by atoms with van der Waals surface area (Å²) in [6.07, 6.45) is 3.22. The number of hydrogen-bond donors (Lipinski definition) is 1. The molecule has 150 valence electrons. The normalized spacial score (nSPS) is 15.5. The van der Waals surface area contributed by atoms with Gasteiger partial charge in [0.25, 0.3) is 0 Å². The molecule has 1 amide bonds. The van der Waals surface area contributed by atoms with Gasteiger partial charge in [0.1, 0.15) is 11.4 Å². The molecule has 1 fully saturated rings. The predicted octanol–water partition coefficient (Wildman–Crippen LogP) is 4.11. The topological polar surface area (TPSA) is 75.4 Å². The number of amides is 1. The van der Waals surface area contributed by atoms with Gasteiger partial charge in [-0.3, -0.25) is 9.69 Å². The van der Waals surface area contributed by atoms with E-state index in [0.717, 1.165) is 46.9 Å². The molecular weight excluding hydrogens is 434 g/mol. The Labute approximate surface area is 177 Å². The number of likely N-dealkylation sites (tertiary alicyclic amines) is 1. The Morgan fingerprint density at radius 2 is 2.03 bits per heavy atom. The van der Waals surface area contributed by atoms with Crippen molar-refractivity contribution in [2.45, 2.75) is 26.3 Å². The molecule has 0 saturated carbocycles. The number of benzene rings is 1. The molecule has 1 N–H and O–H groups in total. The zero-order valence-corrected chi connectivity index (χ0v) is 17.7. The van der Waals surface area contributed by atoms with Crippen LogP contribution in [0.15, 0.2) is 56.3 Å². The Balaban J connectivity index is 1.39. The Hall–Kier alpha value is -2.51. The molecule has 0 bridgehead atoms. The van der Waals surface area contributed by atoms with Crippen molar-refractivity contribution in [1.29, 1.82) is 0 Å². The van der Waals surface area contributed by atoms with E-state index in [1.165, 1.54) is 0 Å². The van der Waals surface area contributed by atoms with Gasteiger partial charge in [-0.2, -0.15) is 0 Å². The monoisotopic (exact) mass is 455 g/mol. The van der Waals surface area contributed by atoms with Crippen molar-refractivity contribution in [3.05, 3.63) is 68.6 Å². The zero-order chi connectivity index (χ0) is 20.4. The summed E-state index contributed by atoms with van der Waals surface area (Å²) in [5.74, 6) is 0.552. The van der Waals surface area contributed by atoms with E-state index in [9.17, 15) is 9.59 Å². The second kappa shape index (κ2) is 8.47. The molecule has 29 heavy (non-hydrogen) atoms. The zero-order valence-electron chi connectivity index (χ0n) is 16.2. The Morgan fingerprint density at radius 1 is 1.24 bits per heavy atom. The van der Waals surface area contributed by atoms with Crippen LogP contribution in [0.25, 0.3) is 11.0 Å². The smallest absolute Gasteiger partial charge is 0.336 e. The minimum absolute atomic E-state index is 0.0146. The third-order valence-electron chi connectivity index (χ3n) is 5.32. The minimum Gasteiger partial charge on any atom is -0.423 e. The molecule has 1 saturated heterocycles. The van der Waals surface area contributed by atoms with Gasteiger partial charge < -0.3 is 9.73 Å². The average molecular weight is 456 g/mol. The van der Waals surface area contributed by atoms with Crippen LogP contribution in [0.4, 0.5) is 5.82 Å². The molecule has 3 heterocycles. The molecule has 1 aliphatic heterocycles. The summed E-state index contributed by atoms with van der Waals surface area (Å²) in [7, 11) is 0. The van der Waals surface area contributed by atoms with Crippen molar-refractivity contribution in [2.75, 3.05) is 18.4 Å². The number of pyridine rings is 1. The summed E-state index contributed by atoms with van der Waals surface area (Å²) in [4.78, 5) is 31.0. The number of anilines is 1. The van der Waals surface area contributed by atoms with Crippen molar-refractivity contribution >= 4 is 38.6 Å². The lowest BCUT2D eigenvalue weighted by Crippen LogP contribution is -2.38. The summed E-state index contributed by atoms with van der Waals surface area (Å²) < 4.78 is 6.23. The maximum absolute atomic E-state index is 12.5. The van der Waals surface area contributed by atoms with Gasteiger partial charge in [0, 0.05) is 34.6 Å². The van der Waals surface area contributed by atoms with Crippen LogP contribution in [-0.2, 0) is 11.3 Å². The van der Waals surface area contributed by atoms with Crippen molar-refractivity contribution in [2.24, 2.45) is 5.92 Å². The molecular formula is C22H22BrN3O3. The lowest BCUT2D eigenvalue weighted by molar-refractivity contribution is -0.121. The number of aromatic nitrogens is 1. The number of piperidine rings is 1. The lowest BCUT2D eigenvalue weighted by Gasteiger charge is -2.31. The molecule has 6 nitrogen and oxygen atoms in total. The Kier molecular flexibility index (Phi) is 5.78. The van der Waals surface area contributed by atoms with Crippen molar-refractivity contribution in [3.8, 4) is 0 Å². The standard InChI is InChI=1S/C22H22BrN3O3/c1-14-2-4-18-16(11-21(27)29-19(18)10-14)13-26-8-6-15(7-9-26)22(28)25-20-5-3-17(23)12-24-20/h2-5,10-12,15H,6-9,13H2,1H3,(H,24,25,28). The van der Waals surface area contributed by atoms with E-state index in [-0.39, 0.29) is 17.5 Å². The number of carbonyl (C=O) groups excluding carboxylic acids is 1. The maximum Gasteiger partial charge on any atom is 0.336 e. The van der Waals surface area contributed by atoms with Crippen LogP contribution in [-0.4, -0.2) is 28.9 Å². The van der Waals surface area contributed by atoms with Crippen LogP contribution < -0.4 is 10.9 Å². The van der Waals surface area contributed by atoms with Crippen LogP contribution in [0.2, 0.25) is 0 Å². The highest BCUT2D eigenvalue weighted by Crippen LogP contribution is 2.24. The first-order valence-electron chi connectivity index (χ1n) is 9.66. The first-order valence-corrected chi connectivity index (χ1v) is 10.5. The molecule has 4 rings (SSSR count). The summed E-state index contributed by atoms with van der Waals surface area (Å²) in [5, 5.41) is 3.87. The van der Waals surface area contributed by atoms with E-state index in [4.69, 9.17) is 4.42 Å². The van der Waals surface area contributed by atoms with Gasteiger partial charge >= 0.3 is 5.63 Å². The quantitative estimate of drug-likeness (QED) is 0.599. The Morgan fingerprint density at radius 3 is 2.76 bits per heavy atom. The highest BCUT2D eigenvalue weighted by atomic mass is 79.9. The molecule has 0 radical (unpaired) electrons. The van der Waals surface area contributed by atoms with Gasteiger partial charge in [-0.25, -0.2) is 9.78 Å². The number of rotatable bonds is 4. The van der Waals surface area contributed by atoms with Gasteiger partial charge in [0.2, 0.25) is 5.91 Å². The van der Waals surface area contributed by atoms with E-state index in [1.54, 1.807) is 18.3 Å². The minimum atomic E-state index is -0.325. The van der Waals surface area contributed by atoms with Crippen LogP contribution in [0.5, 0.6) is 0 Å². The average Bonchev–Trinajstić information content (AvgIpc) is 2.69. The number of fused-ring (bicyclic) bond motifs is 1. The third kappa shape index (κ3) is 4.74. The highest BCUT2D eigenvalue weighted by molar-refractivity contribution is 9.10. The number of hydrogen-bond acceptors (Lipinski definition) is 5. The lowest BCUT2D eigenvalue weighted by atomic mass is 9.95. The fraction of sp³-hybridized carbons (Fsp3) is 0.318. The molecule has 0 aliphatic carbocycles. The van der Waals surface area contributed by atoms with Crippen LogP contribution in [0.3, 0.4) is 0 Å². The molecule has 0 spiro atoms. The van der Waals surface area contributed by atoms with Crippen LogP contribution in [0, 0.1) is 12.8 Å². The van der Waals surface area contributed by atoms with Crippen LogP contribution in [0.1, 0.15) is 24.0 Å². The van der Waals surface area contributed by atoms with Gasteiger partial charge in [0.15, 0.2) is 0 Å². The van der Waals surface area contributed by atoms with Gasteiger partial charge in [-0.15, -0.1) is 0 Å². The van der Waals surface area contributed by atoms with E-state index in [2.05, 4.69) is 31.1 Å². The van der Waals surface area contributed by atoms with E-state index >= 15 is 0 Å². The molecule has 1 aromatic carbocycles. The largest absolute Gasteiger partial charge is 0.423 e. The van der Waals surface area contributed by atoms with Crippen molar-refractivity contribution < 1.29 is 9.21 Å². The molecule has 0 atom stereocenters. The fourth-order valence-electron chi connectivity index (χ4n) is 3.74. The van der Waals surface area contributed by atoms with E-state index < -0.39 is 0 Å². The molecule has 1 aliphatic rings. The molecule has 0 unspecified atom stereocenters. The fourth-order valence-corrected chi connectivity index (χ4v) is 3.97. The number of nitrogens with one attached hydrogen (secondary N) is 1. The summed E-state index contributed by atoms with van der Waals surface area (Å²) in [5.41, 5.74) is 2.33. The SMILES string of the molecule is Cc1ccc2c(CN3CCC(C(=O)Nc4ccc(Br)cn4)CC3)cc(=O)oc2c1. The van der Waals surface area contributed by atoms with Crippen molar-refractivity contribution in [3.63, 3.8) is 0 Å². The number of halogens is 1. The van der Waals surface area contributed by atoms with Gasteiger partial charge in [0.05, 0.1) is 0 Å². The van der Waals surface area contributed by atoms with Gasteiger partial charge in [-0.05, 0) is 78.1 Å². The summed E-state index contributed by atoms with van der Waals surface area (Å²) in [6.45, 7) is 4.26. The second-order valence-electron chi connectivity index (χ2n) is 7.49.